The smallest absolute Gasteiger partial charge is 0.317 e. The van der Waals surface area contributed by atoms with E-state index in [4.69, 9.17) is 4.74 Å². The Morgan fingerprint density at radius 2 is 1.57 bits per heavy atom. The third-order valence-corrected chi connectivity index (χ3v) is 4.77. The lowest BCUT2D eigenvalue weighted by molar-refractivity contribution is -0.142. The number of piperazine rings is 1. The molecule has 0 aromatic carbocycles. The molecule has 2 aliphatic heterocycles. The first-order valence-corrected chi connectivity index (χ1v) is 8.20. The summed E-state index contributed by atoms with van der Waals surface area (Å²) in [6, 6.07) is 0.384. The molecule has 1 unspecified atom stereocenters. The van der Waals surface area contributed by atoms with Crippen LogP contribution >= 0.6 is 0 Å². The molecule has 6 nitrogen and oxygen atoms in total. The van der Waals surface area contributed by atoms with Gasteiger partial charge in [0.05, 0.1) is 0 Å². The van der Waals surface area contributed by atoms with Gasteiger partial charge in [-0.05, 0) is 25.7 Å². The number of carbonyl (C=O) groups is 2. The van der Waals surface area contributed by atoms with Crippen LogP contribution in [-0.4, -0.2) is 66.7 Å². The molecule has 3 rings (SSSR count). The van der Waals surface area contributed by atoms with E-state index in [-0.39, 0.29) is 18.0 Å². The molecule has 3 amide bonds. The SMILES string of the molecule is O=C(NC1CCCC1)N1CCN(C(=O)C2CCCO2)CC1. The number of ether oxygens (including phenoxy) is 1. The van der Waals surface area contributed by atoms with Gasteiger partial charge in [-0.15, -0.1) is 0 Å². The molecule has 1 atom stereocenters. The van der Waals surface area contributed by atoms with E-state index >= 15 is 0 Å². The van der Waals surface area contributed by atoms with E-state index in [0.717, 1.165) is 25.7 Å². The van der Waals surface area contributed by atoms with Crippen LogP contribution in [0.4, 0.5) is 4.79 Å². The Balaban J connectivity index is 1.43. The van der Waals surface area contributed by atoms with Crippen LogP contribution < -0.4 is 5.32 Å². The molecule has 0 aromatic heterocycles. The van der Waals surface area contributed by atoms with Crippen LogP contribution in [-0.2, 0) is 9.53 Å². The zero-order valence-electron chi connectivity index (χ0n) is 12.6. The van der Waals surface area contributed by atoms with Gasteiger partial charge in [0, 0.05) is 38.8 Å². The van der Waals surface area contributed by atoms with Crippen LogP contribution in [0.15, 0.2) is 0 Å². The second kappa shape index (κ2) is 6.64. The minimum Gasteiger partial charge on any atom is -0.368 e. The normalized spacial score (nSPS) is 27.1. The highest BCUT2D eigenvalue weighted by Crippen LogP contribution is 2.19. The van der Waals surface area contributed by atoms with Crippen molar-refractivity contribution < 1.29 is 14.3 Å². The Hall–Kier alpha value is -1.30. The zero-order chi connectivity index (χ0) is 14.7. The summed E-state index contributed by atoms with van der Waals surface area (Å²) >= 11 is 0. The van der Waals surface area contributed by atoms with Crippen LogP contribution in [0, 0.1) is 0 Å². The maximum atomic E-state index is 12.2. The predicted octanol–water partition coefficient (Wildman–Crippen LogP) is 0.962. The molecule has 3 fully saturated rings. The van der Waals surface area contributed by atoms with Gasteiger partial charge in [0.2, 0.25) is 0 Å². The van der Waals surface area contributed by atoms with Gasteiger partial charge < -0.3 is 19.9 Å². The minimum atomic E-state index is -0.246. The monoisotopic (exact) mass is 295 g/mol. The van der Waals surface area contributed by atoms with E-state index < -0.39 is 0 Å². The highest BCUT2D eigenvalue weighted by atomic mass is 16.5. The number of carbonyl (C=O) groups excluding carboxylic acids is 2. The molecule has 21 heavy (non-hydrogen) atoms. The summed E-state index contributed by atoms with van der Waals surface area (Å²) in [7, 11) is 0. The van der Waals surface area contributed by atoms with Gasteiger partial charge in [-0.3, -0.25) is 4.79 Å². The van der Waals surface area contributed by atoms with Crippen molar-refractivity contribution in [1.29, 1.82) is 0 Å². The molecule has 0 aromatic rings. The average Bonchev–Trinajstić information content (AvgIpc) is 3.20. The van der Waals surface area contributed by atoms with Gasteiger partial charge in [-0.25, -0.2) is 4.79 Å². The molecule has 0 bridgehead atoms. The third-order valence-electron chi connectivity index (χ3n) is 4.77. The number of amides is 3. The van der Waals surface area contributed by atoms with E-state index in [1.807, 2.05) is 9.80 Å². The van der Waals surface area contributed by atoms with E-state index in [2.05, 4.69) is 5.32 Å². The quantitative estimate of drug-likeness (QED) is 0.825. The molecule has 6 heteroatoms. The fraction of sp³-hybridized carbons (Fsp3) is 0.867. The first kappa shape index (κ1) is 14.6. The molecule has 2 saturated heterocycles. The van der Waals surface area contributed by atoms with E-state index in [1.54, 1.807) is 0 Å². The van der Waals surface area contributed by atoms with Gasteiger partial charge in [-0.1, -0.05) is 12.8 Å². The molecule has 2 heterocycles. The first-order valence-electron chi connectivity index (χ1n) is 8.20. The van der Waals surface area contributed by atoms with E-state index in [1.165, 1.54) is 12.8 Å². The summed E-state index contributed by atoms with van der Waals surface area (Å²) in [5.74, 6) is 0.100. The minimum absolute atomic E-state index is 0.0334. The van der Waals surface area contributed by atoms with Crippen LogP contribution in [0.3, 0.4) is 0 Å². The van der Waals surface area contributed by atoms with Gasteiger partial charge in [-0.2, -0.15) is 0 Å². The van der Waals surface area contributed by atoms with Gasteiger partial charge in [0.1, 0.15) is 6.10 Å². The predicted molar refractivity (Wildman–Crippen MR) is 77.9 cm³/mol. The second-order valence-electron chi connectivity index (χ2n) is 6.24. The molecule has 0 spiro atoms. The van der Waals surface area contributed by atoms with Crippen LogP contribution in [0.2, 0.25) is 0 Å². The lowest BCUT2D eigenvalue weighted by Crippen LogP contribution is -2.55. The van der Waals surface area contributed by atoms with Crippen molar-refractivity contribution in [3.63, 3.8) is 0 Å². The Morgan fingerprint density at radius 1 is 0.905 bits per heavy atom. The number of hydrogen-bond donors (Lipinski definition) is 1. The second-order valence-corrected chi connectivity index (χ2v) is 6.24. The summed E-state index contributed by atoms with van der Waals surface area (Å²) < 4.78 is 5.45. The van der Waals surface area contributed by atoms with Crippen molar-refractivity contribution >= 4 is 11.9 Å². The Morgan fingerprint density at radius 3 is 2.19 bits per heavy atom. The summed E-state index contributed by atoms with van der Waals surface area (Å²) in [4.78, 5) is 28.1. The van der Waals surface area contributed by atoms with Gasteiger partial charge >= 0.3 is 6.03 Å². The molecule has 1 aliphatic carbocycles. The molecular formula is C15H25N3O3. The van der Waals surface area contributed by atoms with E-state index in [0.29, 0.717) is 38.8 Å². The third kappa shape index (κ3) is 3.48. The van der Waals surface area contributed by atoms with Crippen molar-refractivity contribution in [3.05, 3.63) is 0 Å². The number of urea groups is 1. The highest BCUT2D eigenvalue weighted by Gasteiger charge is 2.31. The van der Waals surface area contributed by atoms with Crippen molar-refractivity contribution in [2.24, 2.45) is 0 Å². The number of hydrogen-bond acceptors (Lipinski definition) is 3. The standard InChI is InChI=1S/C15H25N3O3/c19-14(13-6-3-11-21-13)17-7-9-18(10-8-17)15(20)16-12-4-1-2-5-12/h12-13H,1-11H2,(H,16,20). The maximum absolute atomic E-state index is 12.2. The molecule has 1 N–H and O–H groups in total. The highest BCUT2D eigenvalue weighted by molar-refractivity contribution is 5.81. The lowest BCUT2D eigenvalue weighted by Gasteiger charge is -2.36. The largest absolute Gasteiger partial charge is 0.368 e. The molecule has 1 saturated carbocycles. The average molecular weight is 295 g/mol. The fourth-order valence-corrected chi connectivity index (χ4v) is 3.44. The number of rotatable bonds is 2. The van der Waals surface area contributed by atoms with Crippen molar-refractivity contribution in [3.8, 4) is 0 Å². The topological polar surface area (TPSA) is 61.9 Å². The van der Waals surface area contributed by atoms with Crippen molar-refractivity contribution in [1.82, 2.24) is 15.1 Å². The van der Waals surface area contributed by atoms with Crippen molar-refractivity contribution in [2.75, 3.05) is 32.8 Å². The molecule has 0 radical (unpaired) electrons. The Labute approximate surface area is 125 Å². The Bertz CT molecular complexity index is 382. The summed E-state index contributed by atoms with van der Waals surface area (Å²) in [6.07, 6.45) is 6.20. The Kier molecular flexibility index (Phi) is 4.63. The van der Waals surface area contributed by atoms with Crippen LogP contribution in [0.25, 0.3) is 0 Å². The first-order chi connectivity index (χ1) is 10.2. The lowest BCUT2D eigenvalue weighted by atomic mass is 10.2. The van der Waals surface area contributed by atoms with Crippen molar-refractivity contribution in [2.45, 2.75) is 50.7 Å². The summed E-state index contributed by atoms with van der Waals surface area (Å²) in [6.45, 7) is 3.18. The maximum Gasteiger partial charge on any atom is 0.317 e. The van der Waals surface area contributed by atoms with E-state index in [9.17, 15) is 9.59 Å². The van der Waals surface area contributed by atoms with Crippen LogP contribution in [0.1, 0.15) is 38.5 Å². The number of nitrogens with one attached hydrogen (secondary N) is 1. The van der Waals surface area contributed by atoms with Crippen LogP contribution in [0.5, 0.6) is 0 Å². The number of nitrogens with zero attached hydrogens (tertiary/aromatic N) is 2. The summed E-state index contributed by atoms with van der Waals surface area (Å²) in [5.41, 5.74) is 0. The zero-order valence-corrected chi connectivity index (χ0v) is 12.6. The molecular weight excluding hydrogens is 270 g/mol. The summed E-state index contributed by atoms with van der Waals surface area (Å²) in [5, 5.41) is 3.11. The fourth-order valence-electron chi connectivity index (χ4n) is 3.44. The van der Waals surface area contributed by atoms with Gasteiger partial charge in [0.25, 0.3) is 5.91 Å². The van der Waals surface area contributed by atoms with Gasteiger partial charge in [0.15, 0.2) is 0 Å². The molecule has 118 valence electrons. The molecule has 3 aliphatic rings.